The number of nitrogens with one attached hydrogen (secondary N) is 3. The smallest absolute Gasteiger partial charge is 0.407 e. The molecule has 3 heterocycles. The normalized spacial score (nSPS) is 14.2. The number of amides is 3. The number of carbonyl (C=O) groups is 4. The molecule has 2 aromatic heterocycles. The van der Waals surface area contributed by atoms with Crippen molar-refractivity contribution < 1.29 is 33.4 Å². The van der Waals surface area contributed by atoms with Gasteiger partial charge in [0.15, 0.2) is 5.69 Å². The van der Waals surface area contributed by atoms with Gasteiger partial charge in [-0.2, -0.15) is 0 Å². The highest BCUT2D eigenvalue weighted by atomic mass is 32.1. The Morgan fingerprint density at radius 2 is 1.66 bits per heavy atom. The Morgan fingerprint density at radius 1 is 0.925 bits per heavy atom. The Morgan fingerprint density at radius 3 is 2.36 bits per heavy atom. The van der Waals surface area contributed by atoms with Crippen LogP contribution in [0.5, 0.6) is 5.75 Å². The first-order valence-electron chi connectivity index (χ1n) is 18.0. The molecule has 3 N–H and O–H groups in total. The van der Waals surface area contributed by atoms with Crippen LogP contribution in [0.3, 0.4) is 0 Å². The van der Waals surface area contributed by atoms with Gasteiger partial charge >= 0.3 is 12.1 Å². The van der Waals surface area contributed by atoms with Crippen LogP contribution in [-0.4, -0.2) is 54.2 Å². The van der Waals surface area contributed by atoms with E-state index in [0.717, 1.165) is 64.8 Å². The molecule has 1 saturated carbocycles. The maximum atomic E-state index is 14.5. The van der Waals surface area contributed by atoms with E-state index in [4.69, 9.17) is 14.2 Å². The molecule has 0 spiro atoms. The van der Waals surface area contributed by atoms with Crippen molar-refractivity contribution in [1.82, 2.24) is 15.6 Å². The fourth-order valence-electron chi connectivity index (χ4n) is 6.91. The first kappa shape index (κ1) is 37.5. The number of ether oxygens (including phenoxy) is 3. The van der Waals surface area contributed by atoms with Gasteiger partial charge in [-0.3, -0.25) is 9.59 Å². The molecule has 2 aliphatic rings. The summed E-state index contributed by atoms with van der Waals surface area (Å²) in [6, 6.07) is 12.7. The number of carbonyl (C=O) groups excluding carboxylic acids is 4. The maximum Gasteiger partial charge on any atom is 0.407 e. The highest BCUT2D eigenvalue weighted by Crippen LogP contribution is 2.43. The van der Waals surface area contributed by atoms with Crippen molar-refractivity contribution in [2.75, 3.05) is 19.0 Å². The van der Waals surface area contributed by atoms with E-state index >= 15 is 0 Å². The highest BCUT2D eigenvalue weighted by Gasteiger charge is 2.28. The van der Waals surface area contributed by atoms with Crippen molar-refractivity contribution in [2.24, 2.45) is 0 Å². The van der Waals surface area contributed by atoms with Gasteiger partial charge < -0.3 is 30.2 Å². The number of rotatable bonds is 8. The fourth-order valence-corrected chi connectivity index (χ4v) is 7.89. The van der Waals surface area contributed by atoms with Gasteiger partial charge in [0.05, 0.1) is 13.7 Å². The van der Waals surface area contributed by atoms with E-state index in [2.05, 4.69) is 27.0 Å². The van der Waals surface area contributed by atoms with E-state index in [1.54, 1.807) is 56.4 Å². The van der Waals surface area contributed by atoms with E-state index in [0.29, 0.717) is 35.6 Å². The topological polar surface area (TPSA) is 145 Å². The Hall–Kier alpha value is -5.23. The number of fused-ring (bicyclic) bond motifs is 3. The van der Waals surface area contributed by atoms with Crippen molar-refractivity contribution in [3.05, 3.63) is 87.0 Å². The average molecular weight is 739 g/mol. The SMILES string of the molecule is COC(=O)c1nc(C(=O)NC2CCCCC2)ccc1-c1cc2c(cc1C(=O)Nc1c(C)cc(CNC(=O)OC(C)(C)C)cc1C)-c1sccc1CCO2. The van der Waals surface area contributed by atoms with E-state index in [9.17, 15) is 19.2 Å². The number of thiophene rings is 1. The molecule has 0 atom stereocenters. The average Bonchev–Trinajstić information content (AvgIpc) is 3.52. The summed E-state index contributed by atoms with van der Waals surface area (Å²) in [4.78, 5) is 58.9. The van der Waals surface area contributed by atoms with Crippen molar-refractivity contribution >= 4 is 40.9 Å². The lowest BCUT2D eigenvalue weighted by Crippen LogP contribution is -2.36. The van der Waals surface area contributed by atoms with Crippen LogP contribution in [0, 0.1) is 13.8 Å². The van der Waals surface area contributed by atoms with Gasteiger partial charge in [-0.15, -0.1) is 11.3 Å². The molecule has 0 saturated heterocycles. The van der Waals surface area contributed by atoms with Crippen molar-refractivity contribution in [1.29, 1.82) is 0 Å². The minimum Gasteiger partial charge on any atom is -0.493 e. The molecule has 53 heavy (non-hydrogen) atoms. The van der Waals surface area contributed by atoms with Crippen molar-refractivity contribution in [3.63, 3.8) is 0 Å². The van der Waals surface area contributed by atoms with Crippen LogP contribution in [0.4, 0.5) is 10.5 Å². The van der Waals surface area contributed by atoms with Crippen molar-refractivity contribution in [2.45, 2.75) is 91.3 Å². The zero-order valence-electron chi connectivity index (χ0n) is 31.1. The molecule has 4 aromatic rings. The Balaban J connectivity index is 1.38. The number of methoxy groups -OCH3 is 1. The second kappa shape index (κ2) is 15.8. The van der Waals surface area contributed by atoms with Crippen LogP contribution < -0.4 is 20.7 Å². The molecule has 1 aliphatic heterocycles. The van der Waals surface area contributed by atoms with E-state index in [1.165, 1.54) is 7.11 Å². The first-order valence-corrected chi connectivity index (χ1v) is 18.9. The van der Waals surface area contributed by atoms with Gasteiger partial charge in [0.2, 0.25) is 0 Å². The number of benzene rings is 2. The van der Waals surface area contributed by atoms with Gasteiger partial charge in [0.1, 0.15) is 17.0 Å². The lowest BCUT2D eigenvalue weighted by molar-refractivity contribution is 0.0521. The largest absolute Gasteiger partial charge is 0.493 e. The third kappa shape index (κ3) is 8.71. The quantitative estimate of drug-likeness (QED) is 0.154. The van der Waals surface area contributed by atoms with Gasteiger partial charge in [-0.25, -0.2) is 14.6 Å². The number of esters is 1. The molecule has 0 bridgehead atoms. The second-order valence-electron chi connectivity index (χ2n) is 14.6. The zero-order chi connectivity index (χ0) is 37.9. The van der Waals surface area contributed by atoms with Crippen LogP contribution in [-0.2, 0) is 22.4 Å². The summed E-state index contributed by atoms with van der Waals surface area (Å²) in [7, 11) is 1.26. The summed E-state index contributed by atoms with van der Waals surface area (Å²) in [5, 5.41) is 11.0. The van der Waals surface area contributed by atoms with Crippen LogP contribution in [0.15, 0.2) is 47.8 Å². The molecule has 3 amide bonds. The van der Waals surface area contributed by atoms with Gasteiger partial charge in [0, 0.05) is 51.8 Å². The number of anilines is 1. The predicted molar refractivity (Wildman–Crippen MR) is 205 cm³/mol. The monoisotopic (exact) mass is 738 g/mol. The lowest BCUT2D eigenvalue weighted by atomic mass is 9.93. The number of aryl methyl sites for hydroxylation is 2. The summed E-state index contributed by atoms with van der Waals surface area (Å²) < 4.78 is 16.8. The third-order valence-electron chi connectivity index (χ3n) is 9.39. The summed E-state index contributed by atoms with van der Waals surface area (Å²) in [6.45, 7) is 9.88. The van der Waals surface area contributed by atoms with Gasteiger partial charge in [0.25, 0.3) is 11.8 Å². The maximum absolute atomic E-state index is 14.5. The minimum atomic E-state index is -0.739. The van der Waals surface area contributed by atoms with Crippen molar-refractivity contribution in [3.8, 4) is 27.3 Å². The zero-order valence-corrected chi connectivity index (χ0v) is 31.9. The molecular formula is C41H46N4O7S. The molecule has 1 fully saturated rings. The summed E-state index contributed by atoms with van der Waals surface area (Å²) in [5.41, 5.74) is 5.36. The molecule has 1 aliphatic carbocycles. The molecule has 6 rings (SSSR count). The fraction of sp³-hybridized carbons (Fsp3) is 0.390. The number of pyridine rings is 1. The third-order valence-corrected chi connectivity index (χ3v) is 10.4. The van der Waals surface area contributed by atoms with Crippen LogP contribution in [0.2, 0.25) is 0 Å². The number of hydrogen-bond donors (Lipinski definition) is 3. The van der Waals surface area contributed by atoms with Crippen LogP contribution >= 0.6 is 11.3 Å². The van der Waals surface area contributed by atoms with Crippen LogP contribution in [0.1, 0.15) is 106 Å². The Labute approximate surface area is 313 Å². The molecule has 0 unspecified atom stereocenters. The molecule has 11 nitrogen and oxygen atoms in total. The number of hydrogen-bond acceptors (Lipinski definition) is 9. The summed E-state index contributed by atoms with van der Waals surface area (Å²) in [6.07, 6.45) is 5.25. The van der Waals surface area contributed by atoms with Gasteiger partial charge in [-0.05, 0) is 105 Å². The Kier molecular flexibility index (Phi) is 11.2. The summed E-state index contributed by atoms with van der Waals surface area (Å²) >= 11 is 1.57. The standard InChI is InChI=1S/C41H46N4O7S/c1-23-18-25(22-42-40(49)52-41(3,4)5)19-24(2)34(23)45-37(46)30-20-31-33(51-16-14-26-15-17-53-36(26)31)21-29(30)28-12-13-32(44-35(28)39(48)50-6)38(47)43-27-10-8-7-9-11-27/h12-13,15,17-21,27H,7-11,14,16,22H2,1-6H3,(H,42,49)(H,43,47)(H,45,46). The molecule has 278 valence electrons. The summed E-state index contributed by atoms with van der Waals surface area (Å²) in [5.74, 6) is -0.942. The number of aromatic nitrogens is 1. The van der Waals surface area contributed by atoms with Crippen LogP contribution in [0.25, 0.3) is 21.6 Å². The minimum absolute atomic E-state index is 0.0562. The van der Waals surface area contributed by atoms with E-state index < -0.39 is 23.6 Å². The molecule has 2 aromatic carbocycles. The molecule has 0 radical (unpaired) electrons. The van der Waals surface area contributed by atoms with E-state index in [1.807, 2.05) is 31.4 Å². The number of nitrogens with zero attached hydrogens (tertiary/aromatic N) is 1. The molecular weight excluding hydrogens is 693 g/mol. The Bertz CT molecular complexity index is 2040. The highest BCUT2D eigenvalue weighted by molar-refractivity contribution is 7.13. The molecule has 12 heteroatoms. The number of alkyl carbamates (subject to hydrolysis) is 1. The lowest BCUT2D eigenvalue weighted by Gasteiger charge is -2.22. The second-order valence-corrected chi connectivity index (χ2v) is 15.5. The van der Waals surface area contributed by atoms with E-state index in [-0.39, 0.29) is 35.4 Å². The first-order chi connectivity index (χ1) is 25.3. The van der Waals surface area contributed by atoms with Gasteiger partial charge in [-0.1, -0.05) is 31.4 Å². The predicted octanol–water partition coefficient (Wildman–Crippen LogP) is 8.15.